The van der Waals surface area contributed by atoms with E-state index in [1.165, 1.54) is 64.7 Å². The van der Waals surface area contributed by atoms with Gasteiger partial charge in [0, 0.05) is 13.1 Å². The van der Waals surface area contributed by atoms with Crippen LogP contribution in [0.25, 0.3) is 0 Å². The monoisotopic (exact) mass is 268 g/mol. The van der Waals surface area contributed by atoms with Gasteiger partial charge >= 0.3 is 0 Å². The number of nitrogens with one attached hydrogen (secondary N) is 1. The van der Waals surface area contributed by atoms with E-state index in [2.05, 4.69) is 37.9 Å². The van der Waals surface area contributed by atoms with Crippen molar-refractivity contribution in [2.24, 2.45) is 11.3 Å². The fourth-order valence-corrected chi connectivity index (χ4v) is 3.36. The average Bonchev–Trinajstić information content (AvgIpc) is 2.44. The first-order chi connectivity index (χ1) is 9.15. The third-order valence-electron chi connectivity index (χ3n) is 4.92. The first-order valence-electron chi connectivity index (χ1n) is 8.59. The highest BCUT2D eigenvalue weighted by molar-refractivity contribution is 4.89. The van der Waals surface area contributed by atoms with Crippen LogP contribution < -0.4 is 5.32 Å². The summed E-state index contributed by atoms with van der Waals surface area (Å²) in [6.45, 7) is 15.4. The van der Waals surface area contributed by atoms with Crippen molar-refractivity contribution in [2.75, 3.05) is 32.7 Å². The van der Waals surface area contributed by atoms with Gasteiger partial charge in [0.25, 0.3) is 0 Å². The molecule has 0 heterocycles. The van der Waals surface area contributed by atoms with Gasteiger partial charge in [0.2, 0.25) is 0 Å². The average molecular weight is 268 g/mol. The second-order valence-electron chi connectivity index (χ2n) is 6.69. The lowest BCUT2D eigenvalue weighted by molar-refractivity contribution is 0.0886. The molecule has 1 saturated carbocycles. The molecule has 0 unspecified atom stereocenters. The van der Waals surface area contributed by atoms with Crippen molar-refractivity contribution in [3.05, 3.63) is 0 Å². The number of hydrogen-bond acceptors (Lipinski definition) is 2. The molecule has 0 atom stereocenters. The molecular weight excluding hydrogens is 232 g/mol. The Bertz CT molecular complexity index is 214. The van der Waals surface area contributed by atoms with Gasteiger partial charge in [-0.3, -0.25) is 0 Å². The summed E-state index contributed by atoms with van der Waals surface area (Å²) >= 11 is 0. The molecule has 0 spiro atoms. The van der Waals surface area contributed by atoms with E-state index in [0.717, 1.165) is 12.5 Å². The molecule has 1 fully saturated rings. The molecule has 2 nitrogen and oxygen atoms in total. The lowest BCUT2D eigenvalue weighted by atomic mass is 9.70. The maximum Gasteiger partial charge on any atom is 0.00500 e. The maximum atomic E-state index is 3.63. The van der Waals surface area contributed by atoms with Crippen LogP contribution in [0.4, 0.5) is 0 Å². The van der Waals surface area contributed by atoms with E-state index in [1.807, 2.05) is 0 Å². The standard InChI is InChI=1S/C17H36N2/c1-5-8-13-19(7-3)15-17(14-18-6-2)11-9-16(4)10-12-17/h16,18H,5-15H2,1-4H3. The highest BCUT2D eigenvalue weighted by Crippen LogP contribution is 2.39. The normalized spacial score (nSPS) is 27.9. The quantitative estimate of drug-likeness (QED) is 0.682. The summed E-state index contributed by atoms with van der Waals surface area (Å²) in [4.78, 5) is 2.69. The predicted molar refractivity (Wildman–Crippen MR) is 85.6 cm³/mol. The van der Waals surface area contributed by atoms with Crippen molar-refractivity contribution in [3.63, 3.8) is 0 Å². The molecule has 0 radical (unpaired) electrons. The van der Waals surface area contributed by atoms with Crippen LogP contribution in [-0.4, -0.2) is 37.6 Å². The molecule has 0 aliphatic heterocycles. The SMILES string of the molecule is CCCCN(CC)CC1(CNCC)CCC(C)CC1. The minimum absolute atomic E-state index is 0.548. The van der Waals surface area contributed by atoms with Crippen molar-refractivity contribution >= 4 is 0 Å². The van der Waals surface area contributed by atoms with Crippen LogP contribution in [0.5, 0.6) is 0 Å². The van der Waals surface area contributed by atoms with E-state index in [4.69, 9.17) is 0 Å². The molecule has 0 aromatic heterocycles. The van der Waals surface area contributed by atoms with Crippen molar-refractivity contribution in [2.45, 2.75) is 66.2 Å². The Balaban J connectivity index is 2.56. The summed E-state index contributed by atoms with van der Waals surface area (Å²) in [5.41, 5.74) is 0.548. The lowest BCUT2D eigenvalue weighted by Crippen LogP contribution is -2.46. The molecular formula is C17H36N2. The Morgan fingerprint density at radius 2 is 1.84 bits per heavy atom. The van der Waals surface area contributed by atoms with Crippen LogP contribution in [-0.2, 0) is 0 Å². The van der Waals surface area contributed by atoms with E-state index >= 15 is 0 Å². The van der Waals surface area contributed by atoms with Gasteiger partial charge in [-0.05, 0) is 50.2 Å². The minimum Gasteiger partial charge on any atom is -0.316 e. The molecule has 0 aromatic rings. The molecule has 0 amide bonds. The molecule has 1 aliphatic carbocycles. The van der Waals surface area contributed by atoms with Crippen LogP contribution in [0, 0.1) is 11.3 Å². The van der Waals surface area contributed by atoms with Gasteiger partial charge in [0.1, 0.15) is 0 Å². The summed E-state index contributed by atoms with van der Waals surface area (Å²) in [6, 6.07) is 0. The zero-order valence-corrected chi connectivity index (χ0v) is 13.8. The second-order valence-corrected chi connectivity index (χ2v) is 6.69. The first-order valence-corrected chi connectivity index (χ1v) is 8.59. The summed E-state index contributed by atoms with van der Waals surface area (Å²) in [6.07, 6.45) is 8.36. The zero-order chi connectivity index (χ0) is 14.1. The van der Waals surface area contributed by atoms with E-state index in [1.54, 1.807) is 0 Å². The van der Waals surface area contributed by atoms with E-state index in [0.29, 0.717) is 5.41 Å². The Morgan fingerprint density at radius 3 is 2.37 bits per heavy atom. The number of nitrogens with zero attached hydrogens (tertiary/aromatic N) is 1. The molecule has 2 heteroatoms. The Labute approximate surface area is 121 Å². The molecule has 0 aromatic carbocycles. The van der Waals surface area contributed by atoms with E-state index < -0.39 is 0 Å². The first kappa shape index (κ1) is 17.0. The van der Waals surface area contributed by atoms with Crippen LogP contribution in [0.3, 0.4) is 0 Å². The van der Waals surface area contributed by atoms with Gasteiger partial charge < -0.3 is 10.2 Å². The van der Waals surface area contributed by atoms with Gasteiger partial charge in [-0.15, -0.1) is 0 Å². The van der Waals surface area contributed by atoms with E-state index in [9.17, 15) is 0 Å². The molecule has 1 aliphatic rings. The van der Waals surface area contributed by atoms with Gasteiger partial charge in [-0.2, -0.15) is 0 Å². The van der Waals surface area contributed by atoms with Gasteiger partial charge in [-0.25, -0.2) is 0 Å². The molecule has 114 valence electrons. The number of unbranched alkanes of at least 4 members (excludes halogenated alkanes) is 1. The fraction of sp³-hybridized carbons (Fsp3) is 1.00. The van der Waals surface area contributed by atoms with Crippen LogP contribution in [0.2, 0.25) is 0 Å². The number of rotatable bonds is 9. The third kappa shape index (κ3) is 5.83. The summed E-state index contributed by atoms with van der Waals surface area (Å²) < 4.78 is 0. The summed E-state index contributed by atoms with van der Waals surface area (Å²) in [5.74, 6) is 0.945. The highest BCUT2D eigenvalue weighted by atomic mass is 15.1. The zero-order valence-electron chi connectivity index (χ0n) is 13.8. The smallest absolute Gasteiger partial charge is 0.00500 e. The summed E-state index contributed by atoms with van der Waals surface area (Å²) in [7, 11) is 0. The van der Waals surface area contributed by atoms with Crippen molar-refractivity contribution in [1.29, 1.82) is 0 Å². The number of hydrogen-bond donors (Lipinski definition) is 1. The fourth-order valence-electron chi connectivity index (χ4n) is 3.36. The highest BCUT2D eigenvalue weighted by Gasteiger charge is 2.34. The van der Waals surface area contributed by atoms with Crippen molar-refractivity contribution in [1.82, 2.24) is 10.2 Å². The maximum absolute atomic E-state index is 3.63. The van der Waals surface area contributed by atoms with Gasteiger partial charge in [-0.1, -0.05) is 47.0 Å². The van der Waals surface area contributed by atoms with Crippen LogP contribution >= 0.6 is 0 Å². The third-order valence-corrected chi connectivity index (χ3v) is 4.92. The molecule has 1 N–H and O–H groups in total. The second kappa shape index (κ2) is 8.97. The van der Waals surface area contributed by atoms with E-state index in [-0.39, 0.29) is 0 Å². The van der Waals surface area contributed by atoms with Crippen LogP contribution in [0.15, 0.2) is 0 Å². The summed E-state index contributed by atoms with van der Waals surface area (Å²) in [5, 5.41) is 3.63. The van der Waals surface area contributed by atoms with Gasteiger partial charge in [0.15, 0.2) is 0 Å². The minimum atomic E-state index is 0.548. The molecule has 0 saturated heterocycles. The Morgan fingerprint density at radius 1 is 1.16 bits per heavy atom. The van der Waals surface area contributed by atoms with Gasteiger partial charge in [0.05, 0.1) is 0 Å². The topological polar surface area (TPSA) is 15.3 Å². The molecule has 19 heavy (non-hydrogen) atoms. The largest absolute Gasteiger partial charge is 0.316 e. The Kier molecular flexibility index (Phi) is 8.01. The molecule has 0 bridgehead atoms. The lowest BCUT2D eigenvalue weighted by Gasteiger charge is -2.43. The van der Waals surface area contributed by atoms with Crippen molar-refractivity contribution < 1.29 is 0 Å². The van der Waals surface area contributed by atoms with Crippen molar-refractivity contribution in [3.8, 4) is 0 Å². The Hall–Kier alpha value is -0.0800. The predicted octanol–water partition coefficient (Wildman–Crippen LogP) is 3.91. The molecule has 1 rings (SSSR count). The van der Waals surface area contributed by atoms with Crippen LogP contribution in [0.1, 0.15) is 66.2 Å².